The molecule has 12 bridgehead atoms. The molecule has 16 N–H and O–H groups in total. The second-order valence-electron chi connectivity index (χ2n) is 18.5. The van der Waals surface area contributed by atoms with Gasteiger partial charge in [0.2, 0.25) is 0 Å². The van der Waals surface area contributed by atoms with E-state index in [2.05, 4.69) is 0 Å². The van der Waals surface area contributed by atoms with Crippen LogP contribution in [0.15, 0.2) is 0 Å². The fourth-order valence-corrected chi connectivity index (χ4v) is 9.64. The molecule has 32 nitrogen and oxygen atoms in total. The Balaban J connectivity index is 1.25. The van der Waals surface area contributed by atoms with Gasteiger partial charge in [0.25, 0.3) is 0 Å². The van der Waals surface area contributed by atoms with E-state index in [9.17, 15) is 91.3 Å². The van der Waals surface area contributed by atoms with E-state index in [1.807, 2.05) is 0 Å². The molecule has 0 saturated carbocycles. The number of ether oxygens (including phenoxy) is 14. The fourth-order valence-electron chi connectivity index (χ4n) is 9.64. The topological polar surface area (TPSA) is 487 Å². The van der Waals surface area contributed by atoms with Gasteiger partial charge >= 0.3 is 11.9 Å². The predicted molar refractivity (Wildman–Crippen MR) is 224 cm³/mol. The number of rotatable bonds is 10. The predicted octanol–water partition coefficient (Wildman–Crippen LogP) is -11.1. The van der Waals surface area contributed by atoms with E-state index in [1.54, 1.807) is 0 Å². The lowest BCUT2D eigenvalue weighted by molar-refractivity contribution is -0.404. The first-order valence-corrected chi connectivity index (χ1v) is 24.0. The zero-order valence-corrected chi connectivity index (χ0v) is 39.7. The molecule has 22 fully saturated rings. The summed E-state index contributed by atoms with van der Waals surface area (Å²) in [7, 11) is 0. The third-order valence-electron chi connectivity index (χ3n) is 13.7. The van der Waals surface area contributed by atoms with Gasteiger partial charge in [-0.25, -0.2) is 0 Å². The van der Waals surface area contributed by atoms with Crippen molar-refractivity contribution in [1.29, 1.82) is 0 Å². The van der Waals surface area contributed by atoms with E-state index >= 15 is 0 Å². The standard InChI is InChI=1S/C42H68O32/c1-3-17(49)67-35-27(59)41-65-16(10-48)34(35)74-42-28(60)36(68-18(50)4-2)33(15(9-47)66-42)73-40-26(58)22(54)31(13(7-45)64-40)71-38-24(56)20(52)29(11(5-43)62-38)69-37-23(55)19(51)30(12(6-44)61-37)70-39-25(57)21(53)32(72-41)14(8-46)63-39/h11-16,19-48,51-60H,3-10H2,1-2H3/t11-,12-,13-,14-,15-,16-,19-,20-,21-,22-,23-,24-,25-,26-,27-,28-,29-,30-,31-,32-,33+,34+,35-,36-,37-,38-,39-,40-,41-,42-/m1/s1. The molecule has 0 radical (unpaired) electrons. The Morgan fingerprint density at radius 3 is 0.689 bits per heavy atom. The molecule has 74 heavy (non-hydrogen) atoms. The number of aliphatic hydroxyl groups excluding tert-OH is 16. The third kappa shape index (κ3) is 12.0. The van der Waals surface area contributed by atoms with Crippen LogP contribution < -0.4 is 0 Å². The van der Waals surface area contributed by atoms with E-state index in [0.29, 0.717) is 0 Å². The number of hydrogen-bond donors (Lipinski definition) is 16. The minimum Gasteiger partial charge on any atom is -0.456 e. The summed E-state index contributed by atoms with van der Waals surface area (Å²) in [6.07, 6.45) is -59.9. The molecule has 0 aromatic carbocycles. The van der Waals surface area contributed by atoms with Crippen molar-refractivity contribution in [1.82, 2.24) is 0 Å². The first-order chi connectivity index (χ1) is 35.3. The van der Waals surface area contributed by atoms with Crippen molar-refractivity contribution < 1.29 is 158 Å². The number of carbonyl (C=O) groups is 2. The lowest BCUT2D eigenvalue weighted by Crippen LogP contribution is -2.69. The minimum atomic E-state index is -2.20. The zero-order chi connectivity index (χ0) is 54.0. The van der Waals surface area contributed by atoms with Gasteiger partial charge in [-0.2, -0.15) is 0 Å². The summed E-state index contributed by atoms with van der Waals surface area (Å²) in [5.41, 5.74) is 0. The average molecular weight is 1080 g/mol. The van der Waals surface area contributed by atoms with E-state index in [1.165, 1.54) is 13.8 Å². The summed E-state index contributed by atoms with van der Waals surface area (Å²) in [6.45, 7) is -3.44. The van der Waals surface area contributed by atoms with Crippen LogP contribution in [0.3, 0.4) is 0 Å². The van der Waals surface area contributed by atoms with Crippen LogP contribution >= 0.6 is 0 Å². The maximum absolute atomic E-state index is 12.9. The van der Waals surface area contributed by atoms with Crippen molar-refractivity contribution in [3.8, 4) is 0 Å². The summed E-state index contributed by atoms with van der Waals surface area (Å²) in [5.74, 6) is -1.96. The fraction of sp³-hybridized carbons (Fsp3) is 0.952. The van der Waals surface area contributed by atoms with E-state index in [0.717, 1.165) is 0 Å². The molecule has 0 unspecified atom stereocenters. The Hall–Kier alpha value is -2.18. The molecule has 0 aliphatic carbocycles. The smallest absolute Gasteiger partial charge is 0.305 e. The maximum atomic E-state index is 12.9. The molecular weight excluding hydrogens is 1020 g/mol. The van der Waals surface area contributed by atoms with Gasteiger partial charge in [-0.3, -0.25) is 9.59 Å². The SMILES string of the molecule is CCC(=O)O[C@@H]1[C@@H](O)[C@H]2O[C@@H]3[C@H](OC(=O)CC)[C@@H](O)[C@@H](O[C@H]4[C@H](O)[C@@H](O)[C@@H](O[C@H]5[C@H](O)[C@@H](O)[C@@H](O[C@H]6[C@H](O)[C@@H](O)[C@@H](O[C@H]7[C@H](O)[C@@H](O)[C@@H](O[C@H]1[C@@H](CO)O2)O[C@@H]7CO)O[C@@H]6CO)O[C@@H]5CO)O[C@@H]4CO)O[C@@H]3CO. The summed E-state index contributed by atoms with van der Waals surface area (Å²) in [6, 6.07) is 0. The van der Waals surface area contributed by atoms with Gasteiger partial charge in [-0.1, -0.05) is 13.8 Å². The molecule has 30 atom stereocenters. The Morgan fingerprint density at radius 1 is 0.297 bits per heavy atom. The molecule has 0 aromatic heterocycles. The van der Waals surface area contributed by atoms with Crippen LogP contribution in [0, 0.1) is 0 Å². The molecular formula is C42H68O32. The van der Waals surface area contributed by atoms with Gasteiger partial charge < -0.3 is 148 Å². The molecule has 22 rings (SSSR count). The van der Waals surface area contributed by atoms with Gasteiger partial charge in [0.1, 0.15) is 134 Å². The molecule has 0 aromatic rings. The second-order valence-corrected chi connectivity index (χ2v) is 18.5. The second kappa shape index (κ2) is 25.7. The van der Waals surface area contributed by atoms with Crippen molar-refractivity contribution in [2.75, 3.05) is 39.6 Å². The number of esters is 2. The van der Waals surface area contributed by atoms with Crippen LogP contribution in [-0.4, -0.2) is 318 Å². The molecule has 22 heterocycles. The lowest BCUT2D eigenvalue weighted by Gasteiger charge is -2.51. The van der Waals surface area contributed by atoms with E-state index in [4.69, 9.17) is 66.3 Å². The van der Waals surface area contributed by atoms with Crippen LogP contribution in [-0.2, 0) is 75.9 Å². The van der Waals surface area contributed by atoms with Crippen LogP contribution in [0.1, 0.15) is 26.7 Å². The van der Waals surface area contributed by atoms with Crippen LogP contribution in [0.25, 0.3) is 0 Å². The van der Waals surface area contributed by atoms with Gasteiger partial charge in [0.05, 0.1) is 39.6 Å². The average Bonchev–Trinajstić information content (AvgIpc) is 3.39. The molecule has 22 saturated heterocycles. The van der Waals surface area contributed by atoms with E-state index < -0.39 is 236 Å². The first kappa shape index (κ1) is 59.5. The van der Waals surface area contributed by atoms with E-state index in [-0.39, 0.29) is 12.8 Å². The van der Waals surface area contributed by atoms with Crippen molar-refractivity contribution >= 4 is 11.9 Å². The van der Waals surface area contributed by atoms with Gasteiger partial charge in [-0.05, 0) is 0 Å². The van der Waals surface area contributed by atoms with Crippen LogP contribution in [0.4, 0.5) is 0 Å². The summed E-state index contributed by atoms with van der Waals surface area (Å²) < 4.78 is 80.6. The van der Waals surface area contributed by atoms with Gasteiger partial charge in [-0.15, -0.1) is 0 Å². The highest BCUT2D eigenvalue weighted by molar-refractivity contribution is 5.69. The third-order valence-corrected chi connectivity index (χ3v) is 13.7. The Bertz CT molecular complexity index is 1760. The summed E-state index contributed by atoms with van der Waals surface area (Å²) in [4.78, 5) is 25.8. The quantitative estimate of drug-likeness (QED) is 0.0903. The monoisotopic (exact) mass is 1080 g/mol. The highest BCUT2D eigenvalue weighted by Gasteiger charge is 2.60. The van der Waals surface area contributed by atoms with Gasteiger partial charge in [0, 0.05) is 12.8 Å². The minimum absolute atomic E-state index is 0.314. The van der Waals surface area contributed by atoms with Crippen LogP contribution in [0.2, 0.25) is 0 Å². The first-order valence-electron chi connectivity index (χ1n) is 24.0. The zero-order valence-electron chi connectivity index (χ0n) is 39.7. The summed E-state index contributed by atoms with van der Waals surface area (Å²) in [5, 5.41) is 177. The molecule has 32 heteroatoms. The largest absolute Gasteiger partial charge is 0.456 e. The molecule has 428 valence electrons. The lowest BCUT2D eigenvalue weighted by atomic mass is 9.94. The Kier molecular flexibility index (Phi) is 20.7. The van der Waals surface area contributed by atoms with Crippen molar-refractivity contribution in [2.24, 2.45) is 0 Å². The Morgan fingerprint density at radius 2 is 0.486 bits per heavy atom. The van der Waals surface area contributed by atoms with Crippen LogP contribution in [0.5, 0.6) is 0 Å². The molecule has 0 amide bonds. The van der Waals surface area contributed by atoms with Gasteiger partial charge in [0.15, 0.2) is 49.9 Å². The summed E-state index contributed by atoms with van der Waals surface area (Å²) >= 11 is 0. The molecule has 22 aliphatic rings. The highest BCUT2D eigenvalue weighted by atomic mass is 16.8. The number of hydrogen-bond acceptors (Lipinski definition) is 32. The number of aliphatic hydroxyl groups is 16. The van der Waals surface area contributed by atoms with Crippen molar-refractivity contribution in [3.63, 3.8) is 0 Å². The maximum Gasteiger partial charge on any atom is 0.305 e. The van der Waals surface area contributed by atoms with Crippen molar-refractivity contribution in [3.05, 3.63) is 0 Å². The van der Waals surface area contributed by atoms with Crippen molar-refractivity contribution in [2.45, 2.75) is 211 Å². The Labute approximate surface area is 419 Å². The highest BCUT2D eigenvalue weighted by Crippen LogP contribution is 2.39. The molecule has 22 aliphatic heterocycles. The number of carbonyl (C=O) groups excluding carboxylic acids is 2. The molecule has 0 spiro atoms. The normalized spacial score (nSPS) is 50.5.